The first-order chi connectivity index (χ1) is 15.9. The van der Waals surface area contributed by atoms with E-state index in [9.17, 15) is 19.1 Å². The molecule has 168 valence electrons. The van der Waals surface area contributed by atoms with Crippen LogP contribution in [0.2, 0.25) is 5.02 Å². The van der Waals surface area contributed by atoms with Crippen molar-refractivity contribution in [2.24, 2.45) is 0 Å². The first-order valence-electron chi connectivity index (χ1n) is 10.0. The van der Waals surface area contributed by atoms with Gasteiger partial charge in [0.25, 0.3) is 5.56 Å². The second-order valence-corrected chi connectivity index (χ2v) is 7.66. The minimum Gasteiger partial charge on any atom is -0.493 e. The summed E-state index contributed by atoms with van der Waals surface area (Å²) in [7, 11) is 1.58. The number of rotatable bonds is 7. The number of aromatic carboxylic acids is 1. The number of ether oxygens (including phenoxy) is 1. The zero-order valence-corrected chi connectivity index (χ0v) is 18.2. The van der Waals surface area contributed by atoms with E-state index in [1.807, 2.05) is 0 Å². The molecule has 3 aromatic carbocycles. The standard InChI is InChI=1S/C24H19ClFN3O4/c1-27-24-28-21-18(26)7-5-13(20(21)22(30)29-24)9-10-33-19-8-6-16(25)12-17(19)14-3-2-4-15(11-14)23(31)32/h2-8,11-12H,9-10H2,1H3,(H,31,32)(H2,27,28,29,30). The van der Waals surface area contributed by atoms with Crippen LogP contribution < -0.4 is 15.6 Å². The van der Waals surface area contributed by atoms with Crippen LogP contribution in [0.15, 0.2) is 59.4 Å². The predicted molar refractivity (Wildman–Crippen MR) is 125 cm³/mol. The Morgan fingerprint density at radius 2 is 2.03 bits per heavy atom. The highest BCUT2D eigenvalue weighted by molar-refractivity contribution is 6.31. The van der Waals surface area contributed by atoms with Gasteiger partial charge in [-0.15, -0.1) is 0 Å². The molecule has 0 saturated carbocycles. The molecule has 9 heteroatoms. The Morgan fingerprint density at radius 1 is 1.21 bits per heavy atom. The first-order valence-corrected chi connectivity index (χ1v) is 10.4. The van der Waals surface area contributed by atoms with Crippen LogP contribution in [0.4, 0.5) is 10.3 Å². The number of carboxylic acids is 1. The summed E-state index contributed by atoms with van der Waals surface area (Å²) in [6.45, 7) is 0.182. The van der Waals surface area contributed by atoms with Gasteiger partial charge in [-0.2, -0.15) is 0 Å². The Bertz CT molecular complexity index is 1420. The van der Waals surface area contributed by atoms with Gasteiger partial charge in [0.2, 0.25) is 5.95 Å². The third-order valence-corrected chi connectivity index (χ3v) is 5.36. The lowest BCUT2D eigenvalue weighted by Gasteiger charge is -2.14. The quantitative estimate of drug-likeness (QED) is 0.362. The van der Waals surface area contributed by atoms with Crippen LogP contribution in [0.3, 0.4) is 0 Å². The minimum atomic E-state index is -1.04. The molecule has 0 radical (unpaired) electrons. The molecule has 4 aromatic rings. The fourth-order valence-electron chi connectivity index (χ4n) is 3.55. The monoisotopic (exact) mass is 467 g/mol. The average molecular weight is 468 g/mol. The number of carboxylic acid groups (broad SMARTS) is 1. The number of carbonyl (C=O) groups is 1. The molecule has 33 heavy (non-hydrogen) atoms. The van der Waals surface area contributed by atoms with Crippen molar-refractivity contribution in [2.45, 2.75) is 6.42 Å². The van der Waals surface area contributed by atoms with Gasteiger partial charge in [-0.25, -0.2) is 14.2 Å². The Kier molecular flexibility index (Phi) is 6.28. The van der Waals surface area contributed by atoms with Crippen LogP contribution in [0, 0.1) is 5.82 Å². The number of hydrogen-bond donors (Lipinski definition) is 3. The van der Waals surface area contributed by atoms with Gasteiger partial charge in [-0.1, -0.05) is 29.8 Å². The number of benzene rings is 3. The van der Waals surface area contributed by atoms with Gasteiger partial charge in [0.15, 0.2) is 0 Å². The molecule has 0 saturated heterocycles. The second-order valence-electron chi connectivity index (χ2n) is 7.22. The molecule has 1 aromatic heterocycles. The smallest absolute Gasteiger partial charge is 0.335 e. The van der Waals surface area contributed by atoms with Gasteiger partial charge in [0.1, 0.15) is 17.1 Å². The van der Waals surface area contributed by atoms with Gasteiger partial charge >= 0.3 is 5.97 Å². The third kappa shape index (κ3) is 4.65. The highest BCUT2D eigenvalue weighted by atomic mass is 35.5. The molecule has 3 N–H and O–H groups in total. The van der Waals surface area contributed by atoms with Crippen LogP contribution in [-0.4, -0.2) is 34.7 Å². The fraction of sp³-hybridized carbons (Fsp3) is 0.125. The van der Waals surface area contributed by atoms with E-state index < -0.39 is 17.3 Å². The van der Waals surface area contributed by atoms with E-state index in [0.717, 1.165) is 0 Å². The summed E-state index contributed by atoms with van der Waals surface area (Å²) in [6.07, 6.45) is 0.317. The maximum absolute atomic E-state index is 14.3. The zero-order valence-electron chi connectivity index (χ0n) is 17.5. The van der Waals surface area contributed by atoms with E-state index in [1.165, 1.54) is 18.2 Å². The van der Waals surface area contributed by atoms with Gasteiger partial charge in [0.05, 0.1) is 17.6 Å². The molecule has 0 aliphatic rings. The molecule has 0 aliphatic heterocycles. The number of aromatic amines is 1. The number of anilines is 1. The molecule has 4 rings (SSSR count). The minimum absolute atomic E-state index is 0.0155. The van der Waals surface area contributed by atoms with Crippen molar-refractivity contribution < 1.29 is 19.0 Å². The molecule has 0 unspecified atom stereocenters. The highest BCUT2D eigenvalue weighted by Crippen LogP contribution is 2.33. The van der Waals surface area contributed by atoms with Crippen LogP contribution in [0.1, 0.15) is 15.9 Å². The van der Waals surface area contributed by atoms with Crippen molar-refractivity contribution in [3.63, 3.8) is 0 Å². The zero-order chi connectivity index (χ0) is 23.5. The Balaban J connectivity index is 1.62. The van der Waals surface area contributed by atoms with Gasteiger partial charge in [0, 0.05) is 24.1 Å². The fourth-order valence-corrected chi connectivity index (χ4v) is 3.72. The SMILES string of the molecule is CNc1nc2c(F)ccc(CCOc3ccc(Cl)cc3-c3cccc(C(=O)O)c3)c2c(=O)[nH]1. The van der Waals surface area contributed by atoms with E-state index in [1.54, 1.807) is 43.4 Å². The van der Waals surface area contributed by atoms with Crippen molar-refractivity contribution >= 4 is 34.4 Å². The Morgan fingerprint density at radius 3 is 2.79 bits per heavy atom. The summed E-state index contributed by atoms with van der Waals surface area (Å²) in [5.41, 5.74) is 1.54. The third-order valence-electron chi connectivity index (χ3n) is 5.13. The number of hydrogen-bond acceptors (Lipinski definition) is 5. The van der Waals surface area contributed by atoms with Crippen molar-refractivity contribution in [2.75, 3.05) is 19.0 Å². The summed E-state index contributed by atoms with van der Waals surface area (Å²) in [4.78, 5) is 30.6. The number of halogens is 2. The number of fused-ring (bicyclic) bond motifs is 1. The number of H-pyrrole nitrogens is 1. The van der Waals surface area contributed by atoms with Crippen molar-refractivity contribution in [1.82, 2.24) is 9.97 Å². The van der Waals surface area contributed by atoms with E-state index in [-0.39, 0.29) is 29.0 Å². The largest absolute Gasteiger partial charge is 0.493 e. The number of nitrogens with one attached hydrogen (secondary N) is 2. The topological polar surface area (TPSA) is 104 Å². The molecule has 0 fully saturated rings. The molecule has 1 heterocycles. The lowest BCUT2D eigenvalue weighted by Crippen LogP contribution is -2.15. The van der Waals surface area contributed by atoms with Crippen molar-refractivity contribution in [3.8, 4) is 16.9 Å². The van der Waals surface area contributed by atoms with Crippen molar-refractivity contribution in [1.29, 1.82) is 0 Å². The molecule has 0 amide bonds. The Hall–Kier alpha value is -3.91. The summed E-state index contributed by atoms with van der Waals surface area (Å²) in [6, 6.07) is 14.3. The van der Waals surface area contributed by atoms with E-state index in [4.69, 9.17) is 16.3 Å². The normalized spacial score (nSPS) is 10.9. The molecule has 0 atom stereocenters. The lowest BCUT2D eigenvalue weighted by atomic mass is 10.0. The summed E-state index contributed by atoms with van der Waals surface area (Å²) in [5, 5.41) is 12.6. The maximum atomic E-state index is 14.3. The second kappa shape index (κ2) is 9.30. The molecule has 0 aliphatic carbocycles. The van der Waals surface area contributed by atoms with Crippen LogP contribution >= 0.6 is 11.6 Å². The number of nitrogens with zero attached hydrogens (tertiary/aromatic N) is 1. The summed E-state index contributed by atoms with van der Waals surface area (Å²) >= 11 is 6.16. The lowest BCUT2D eigenvalue weighted by molar-refractivity contribution is 0.0697. The average Bonchev–Trinajstić information content (AvgIpc) is 2.81. The summed E-state index contributed by atoms with van der Waals surface area (Å²) < 4.78 is 20.3. The molecule has 7 nitrogen and oxygen atoms in total. The van der Waals surface area contributed by atoms with E-state index in [0.29, 0.717) is 33.9 Å². The number of aromatic nitrogens is 2. The van der Waals surface area contributed by atoms with E-state index >= 15 is 0 Å². The Labute approximate surface area is 192 Å². The van der Waals surface area contributed by atoms with Crippen LogP contribution in [-0.2, 0) is 6.42 Å². The molecular formula is C24H19ClFN3O4. The maximum Gasteiger partial charge on any atom is 0.335 e. The molecular weight excluding hydrogens is 449 g/mol. The molecule has 0 bridgehead atoms. The van der Waals surface area contributed by atoms with Crippen LogP contribution in [0.25, 0.3) is 22.0 Å². The first kappa shape index (κ1) is 22.3. The van der Waals surface area contributed by atoms with Gasteiger partial charge in [-0.05, 0) is 47.5 Å². The predicted octanol–water partition coefficient (Wildman–Crippen LogP) is 4.74. The highest BCUT2D eigenvalue weighted by Gasteiger charge is 2.14. The van der Waals surface area contributed by atoms with E-state index in [2.05, 4.69) is 15.3 Å². The van der Waals surface area contributed by atoms with Crippen LogP contribution in [0.5, 0.6) is 5.75 Å². The molecule has 0 spiro atoms. The van der Waals surface area contributed by atoms with Gasteiger partial charge < -0.3 is 15.2 Å². The van der Waals surface area contributed by atoms with Gasteiger partial charge in [-0.3, -0.25) is 9.78 Å². The van der Waals surface area contributed by atoms with Crippen molar-refractivity contribution in [3.05, 3.63) is 86.9 Å². The summed E-state index contributed by atoms with van der Waals surface area (Å²) in [5.74, 6) is -0.951.